The highest BCUT2D eigenvalue weighted by molar-refractivity contribution is 5.92. The van der Waals surface area contributed by atoms with Crippen molar-refractivity contribution < 1.29 is 14.3 Å². The zero-order chi connectivity index (χ0) is 17.4. The van der Waals surface area contributed by atoms with Crippen LogP contribution < -0.4 is 14.8 Å². The van der Waals surface area contributed by atoms with Crippen molar-refractivity contribution >= 4 is 12.0 Å². The van der Waals surface area contributed by atoms with Gasteiger partial charge in [-0.15, -0.1) is 0 Å². The Morgan fingerprint density at radius 2 is 1.91 bits per heavy atom. The second kappa shape index (κ2) is 9.23. The van der Waals surface area contributed by atoms with E-state index < -0.39 is 0 Å². The molecule has 0 bridgehead atoms. The van der Waals surface area contributed by atoms with Crippen LogP contribution in [0.25, 0.3) is 6.08 Å². The Hall–Kier alpha value is -1.97. The van der Waals surface area contributed by atoms with Gasteiger partial charge in [0.25, 0.3) is 0 Å². The van der Waals surface area contributed by atoms with Gasteiger partial charge < -0.3 is 14.8 Å². The minimum Gasteiger partial charge on any atom is -0.493 e. The molecule has 0 radical (unpaired) electrons. The lowest BCUT2D eigenvalue weighted by Gasteiger charge is -2.18. The van der Waals surface area contributed by atoms with Crippen molar-refractivity contribution in [3.8, 4) is 11.5 Å². The van der Waals surface area contributed by atoms with Crippen molar-refractivity contribution in [3.05, 3.63) is 29.8 Å². The third-order valence-electron chi connectivity index (χ3n) is 3.84. The van der Waals surface area contributed by atoms with Crippen molar-refractivity contribution in [2.24, 2.45) is 5.92 Å². The molecule has 0 aliphatic carbocycles. The maximum Gasteiger partial charge on any atom is 0.244 e. The van der Waals surface area contributed by atoms with E-state index in [2.05, 4.69) is 19.2 Å². The molecule has 1 amide bonds. The maximum absolute atomic E-state index is 12.0. The molecule has 0 fully saturated rings. The minimum absolute atomic E-state index is 0.0816. The first kappa shape index (κ1) is 19.1. The summed E-state index contributed by atoms with van der Waals surface area (Å²) in [5.74, 6) is 1.74. The summed E-state index contributed by atoms with van der Waals surface area (Å²) >= 11 is 0. The molecule has 23 heavy (non-hydrogen) atoms. The Labute approximate surface area is 139 Å². The van der Waals surface area contributed by atoms with E-state index in [-0.39, 0.29) is 18.1 Å². The second-order valence-electron chi connectivity index (χ2n) is 6.09. The molecule has 4 heteroatoms. The fourth-order valence-corrected chi connectivity index (χ4v) is 2.08. The Bertz CT molecular complexity index is 537. The summed E-state index contributed by atoms with van der Waals surface area (Å²) in [4.78, 5) is 12.0. The summed E-state index contributed by atoms with van der Waals surface area (Å²) in [6.07, 6.45) is 4.45. The number of hydrogen-bond donors (Lipinski definition) is 1. The van der Waals surface area contributed by atoms with E-state index in [1.54, 1.807) is 19.3 Å². The van der Waals surface area contributed by atoms with Gasteiger partial charge in [-0.3, -0.25) is 4.79 Å². The largest absolute Gasteiger partial charge is 0.493 e. The summed E-state index contributed by atoms with van der Waals surface area (Å²) in [7, 11) is 1.61. The molecule has 128 valence electrons. The Kier molecular flexibility index (Phi) is 7.66. The third kappa shape index (κ3) is 6.35. The fraction of sp³-hybridized carbons (Fsp3) is 0.526. The quantitative estimate of drug-likeness (QED) is 0.735. The monoisotopic (exact) mass is 319 g/mol. The molecule has 1 rings (SSSR count). The lowest BCUT2D eigenvalue weighted by Crippen LogP contribution is -2.35. The first-order chi connectivity index (χ1) is 10.9. The highest BCUT2D eigenvalue weighted by Gasteiger charge is 2.11. The molecule has 1 aromatic carbocycles. The van der Waals surface area contributed by atoms with Gasteiger partial charge >= 0.3 is 0 Å². The zero-order valence-electron chi connectivity index (χ0n) is 15.1. The van der Waals surface area contributed by atoms with Crippen LogP contribution in [0.1, 0.15) is 46.6 Å². The van der Waals surface area contributed by atoms with Gasteiger partial charge in [0.05, 0.1) is 13.2 Å². The van der Waals surface area contributed by atoms with Crippen LogP contribution in [0.3, 0.4) is 0 Å². The molecule has 0 unspecified atom stereocenters. The molecule has 0 aliphatic heterocycles. The van der Waals surface area contributed by atoms with Gasteiger partial charge in [0, 0.05) is 12.1 Å². The minimum atomic E-state index is -0.0840. The fourth-order valence-electron chi connectivity index (χ4n) is 2.08. The maximum atomic E-state index is 12.0. The van der Waals surface area contributed by atoms with Crippen LogP contribution in [0, 0.1) is 5.92 Å². The predicted molar refractivity (Wildman–Crippen MR) is 94.9 cm³/mol. The number of amides is 1. The highest BCUT2D eigenvalue weighted by Crippen LogP contribution is 2.29. The summed E-state index contributed by atoms with van der Waals surface area (Å²) < 4.78 is 11.0. The standard InChI is InChI=1S/C19H29NO3/c1-7-14(4)15(5)20-19(21)11-9-16-8-10-17(23-13(2)3)18(12-16)22-6/h8-15H,7H2,1-6H3,(H,20,21)/b11-9+/t14-,15+/m1/s1. The van der Waals surface area contributed by atoms with Gasteiger partial charge in [-0.05, 0) is 50.5 Å². The van der Waals surface area contributed by atoms with Crippen LogP contribution in [-0.4, -0.2) is 25.2 Å². The summed E-state index contributed by atoms with van der Waals surface area (Å²) in [6.45, 7) is 10.2. The van der Waals surface area contributed by atoms with Crippen molar-refractivity contribution in [3.63, 3.8) is 0 Å². The van der Waals surface area contributed by atoms with Crippen LogP contribution in [0.5, 0.6) is 11.5 Å². The van der Waals surface area contributed by atoms with Crippen LogP contribution in [0.15, 0.2) is 24.3 Å². The third-order valence-corrected chi connectivity index (χ3v) is 3.84. The zero-order valence-corrected chi connectivity index (χ0v) is 15.1. The normalized spacial score (nSPS) is 13.9. The molecule has 0 saturated carbocycles. The van der Waals surface area contributed by atoms with Gasteiger partial charge in [0.1, 0.15) is 0 Å². The van der Waals surface area contributed by atoms with Crippen molar-refractivity contribution in [1.82, 2.24) is 5.32 Å². The SMILES string of the molecule is CC[C@@H](C)[C@H](C)NC(=O)/C=C/c1ccc(OC(C)C)c(OC)c1. The molecule has 1 aromatic rings. The second-order valence-corrected chi connectivity index (χ2v) is 6.09. The molecule has 4 nitrogen and oxygen atoms in total. The number of carbonyl (C=O) groups excluding carboxylic acids is 1. The van der Waals surface area contributed by atoms with E-state index in [1.165, 1.54) is 0 Å². The number of carbonyl (C=O) groups is 1. The van der Waals surface area contributed by atoms with Gasteiger partial charge in [-0.1, -0.05) is 26.3 Å². The first-order valence-corrected chi connectivity index (χ1v) is 8.20. The van der Waals surface area contributed by atoms with Crippen molar-refractivity contribution in [2.45, 2.75) is 53.2 Å². The molecule has 2 atom stereocenters. The number of hydrogen-bond acceptors (Lipinski definition) is 3. The smallest absolute Gasteiger partial charge is 0.244 e. The Morgan fingerprint density at radius 3 is 2.48 bits per heavy atom. The average Bonchev–Trinajstić information content (AvgIpc) is 2.52. The highest BCUT2D eigenvalue weighted by atomic mass is 16.5. The van der Waals surface area contributed by atoms with Gasteiger partial charge in [0.2, 0.25) is 5.91 Å². The summed E-state index contributed by atoms with van der Waals surface area (Å²) in [6, 6.07) is 5.79. The van der Waals surface area contributed by atoms with Gasteiger partial charge in [0.15, 0.2) is 11.5 Å². The number of ether oxygens (including phenoxy) is 2. The lowest BCUT2D eigenvalue weighted by molar-refractivity contribution is -0.117. The summed E-state index contributed by atoms with van der Waals surface area (Å²) in [5, 5.41) is 2.99. The molecule has 0 aromatic heterocycles. The molecular weight excluding hydrogens is 290 g/mol. The van der Waals surface area contributed by atoms with E-state index >= 15 is 0 Å². The number of methoxy groups -OCH3 is 1. The molecule has 1 N–H and O–H groups in total. The molecule has 0 heterocycles. The number of rotatable bonds is 8. The average molecular weight is 319 g/mol. The van der Waals surface area contributed by atoms with Gasteiger partial charge in [-0.25, -0.2) is 0 Å². The topological polar surface area (TPSA) is 47.6 Å². The number of nitrogens with one attached hydrogen (secondary N) is 1. The molecule has 0 spiro atoms. The van der Waals surface area contributed by atoms with Crippen molar-refractivity contribution in [2.75, 3.05) is 7.11 Å². The predicted octanol–water partition coefficient (Wildman–Crippen LogP) is 4.05. The van der Waals surface area contributed by atoms with Crippen LogP contribution in [0.2, 0.25) is 0 Å². The first-order valence-electron chi connectivity index (χ1n) is 8.20. The van der Waals surface area contributed by atoms with Crippen LogP contribution in [-0.2, 0) is 4.79 Å². The van der Waals surface area contributed by atoms with Crippen molar-refractivity contribution in [1.29, 1.82) is 0 Å². The van der Waals surface area contributed by atoms with E-state index in [0.717, 1.165) is 12.0 Å². The Morgan fingerprint density at radius 1 is 1.22 bits per heavy atom. The van der Waals surface area contributed by atoms with Crippen LogP contribution in [0.4, 0.5) is 0 Å². The van der Waals surface area contributed by atoms with E-state index in [4.69, 9.17) is 9.47 Å². The Balaban J connectivity index is 2.74. The molecule has 0 saturated heterocycles. The number of benzene rings is 1. The van der Waals surface area contributed by atoms with Gasteiger partial charge in [-0.2, -0.15) is 0 Å². The lowest BCUT2D eigenvalue weighted by atomic mass is 10.0. The molecule has 0 aliphatic rings. The van der Waals surface area contributed by atoms with Crippen LogP contribution >= 0.6 is 0 Å². The van der Waals surface area contributed by atoms with E-state index in [1.807, 2.05) is 39.0 Å². The van der Waals surface area contributed by atoms with E-state index in [0.29, 0.717) is 17.4 Å². The summed E-state index contributed by atoms with van der Waals surface area (Å²) in [5.41, 5.74) is 0.893. The molecular formula is C19H29NO3. The van der Waals surface area contributed by atoms with E-state index in [9.17, 15) is 4.79 Å².